The van der Waals surface area contributed by atoms with Gasteiger partial charge in [-0.1, -0.05) is 43.2 Å². The topological polar surface area (TPSA) is 71.5 Å². The summed E-state index contributed by atoms with van der Waals surface area (Å²) in [6.07, 6.45) is 8.16. The molecule has 6 heteroatoms. The molecule has 6 nitrogen and oxygen atoms in total. The second kappa shape index (κ2) is 9.82. The summed E-state index contributed by atoms with van der Waals surface area (Å²) < 4.78 is 6.17. The van der Waals surface area contributed by atoms with Crippen molar-refractivity contribution >= 4 is 11.8 Å². The lowest BCUT2D eigenvalue weighted by atomic mass is 9.89. The molecule has 2 amide bonds. The van der Waals surface area contributed by atoms with E-state index in [9.17, 15) is 9.59 Å². The van der Waals surface area contributed by atoms with E-state index >= 15 is 0 Å². The number of hydrogen-bond acceptors (Lipinski definition) is 4. The lowest BCUT2D eigenvalue weighted by Crippen LogP contribution is -2.63. The summed E-state index contributed by atoms with van der Waals surface area (Å²) in [5.41, 5.74) is 2.05. The molecule has 0 radical (unpaired) electrons. The highest BCUT2D eigenvalue weighted by Gasteiger charge is 2.46. The third-order valence-corrected chi connectivity index (χ3v) is 6.47. The van der Waals surface area contributed by atoms with Crippen molar-refractivity contribution in [2.24, 2.45) is 5.92 Å². The maximum atomic E-state index is 13.3. The van der Waals surface area contributed by atoms with Crippen LogP contribution in [0, 0.1) is 5.92 Å². The molecule has 1 aromatic carbocycles. The van der Waals surface area contributed by atoms with Gasteiger partial charge in [-0.15, -0.1) is 0 Å². The Morgan fingerprint density at radius 3 is 2.56 bits per heavy atom. The van der Waals surface area contributed by atoms with Gasteiger partial charge in [-0.3, -0.25) is 14.6 Å². The molecule has 4 rings (SSSR count). The Morgan fingerprint density at radius 1 is 1.16 bits per heavy atom. The first-order chi connectivity index (χ1) is 15.5. The van der Waals surface area contributed by atoms with Gasteiger partial charge < -0.3 is 15.0 Å². The van der Waals surface area contributed by atoms with Crippen molar-refractivity contribution in [2.45, 2.75) is 57.6 Å². The minimum Gasteiger partial charge on any atom is -0.361 e. The first-order valence-corrected chi connectivity index (χ1v) is 11.7. The first kappa shape index (κ1) is 22.5. The average Bonchev–Trinajstić information content (AvgIpc) is 3.34. The number of amides is 2. The zero-order valence-electron chi connectivity index (χ0n) is 19.0. The number of aromatic nitrogens is 1. The third-order valence-electron chi connectivity index (χ3n) is 6.47. The summed E-state index contributed by atoms with van der Waals surface area (Å²) in [6, 6.07) is 12.1. The van der Waals surface area contributed by atoms with Crippen LogP contribution in [0.1, 0.15) is 45.1 Å². The highest BCUT2D eigenvalue weighted by Crippen LogP contribution is 2.30. The predicted octanol–water partition coefficient (Wildman–Crippen LogP) is 3.60. The molecule has 1 aliphatic heterocycles. The van der Waals surface area contributed by atoms with E-state index < -0.39 is 5.60 Å². The molecule has 32 heavy (non-hydrogen) atoms. The number of rotatable bonds is 6. The van der Waals surface area contributed by atoms with Gasteiger partial charge in [-0.2, -0.15) is 0 Å². The van der Waals surface area contributed by atoms with Gasteiger partial charge in [0.15, 0.2) is 5.60 Å². The Morgan fingerprint density at radius 2 is 1.91 bits per heavy atom. The molecule has 1 N–H and O–H groups in total. The van der Waals surface area contributed by atoms with Crippen LogP contribution in [0.15, 0.2) is 48.8 Å². The normalized spacial score (nSPS) is 21.7. The van der Waals surface area contributed by atoms with Crippen LogP contribution in [-0.4, -0.2) is 53.0 Å². The number of nitrogens with zero attached hydrogens (tertiary/aromatic N) is 2. The zero-order chi connectivity index (χ0) is 22.6. The van der Waals surface area contributed by atoms with Crippen LogP contribution in [0.3, 0.4) is 0 Å². The number of carbonyl (C=O) groups excluding carboxylic acids is 2. The van der Waals surface area contributed by atoms with Gasteiger partial charge in [0.05, 0.1) is 13.2 Å². The molecule has 170 valence electrons. The summed E-state index contributed by atoms with van der Waals surface area (Å²) >= 11 is 0. The second-order valence-corrected chi connectivity index (χ2v) is 9.33. The molecule has 1 aliphatic carbocycles. The van der Waals surface area contributed by atoms with Crippen molar-refractivity contribution in [3.8, 4) is 11.1 Å². The fourth-order valence-corrected chi connectivity index (χ4v) is 4.80. The number of carbonyl (C=O) groups is 2. The van der Waals surface area contributed by atoms with Gasteiger partial charge in [-0.05, 0) is 49.4 Å². The van der Waals surface area contributed by atoms with Crippen molar-refractivity contribution in [1.29, 1.82) is 0 Å². The molecule has 0 bridgehead atoms. The smallest absolute Gasteiger partial charge is 0.254 e. The van der Waals surface area contributed by atoms with Crippen molar-refractivity contribution in [3.63, 3.8) is 0 Å². The van der Waals surface area contributed by atoms with E-state index in [0.29, 0.717) is 26.1 Å². The molecule has 1 saturated carbocycles. The van der Waals surface area contributed by atoms with E-state index in [1.54, 1.807) is 6.20 Å². The lowest BCUT2D eigenvalue weighted by Gasteiger charge is -2.42. The zero-order valence-corrected chi connectivity index (χ0v) is 19.0. The minimum atomic E-state index is -1.08. The number of ether oxygens (including phenoxy) is 1. The number of nitrogens with one attached hydrogen (secondary N) is 1. The lowest BCUT2D eigenvalue weighted by molar-refractivity contribution is -0.168. The van der Waals surface area contributed by atoms with Gasteiger partial charge >= 0.3 is 0 Å². The molecule has 2 aromatic rings. The van der Waals surface area contributed by atoms with E-state index in [1.165, 1.54) is 0 Å². The van der Waals surface area contributed by atoms with E-state index in [2.05, 4.69) is 10.3 Å². The van der Waals surface area contributed by atoms with E-state index in [4.69, 9.17) is 4.74 Å². The monoisotopic (exact) mass is 435 g/mol. The SMILES string of the molecule is CC(C)NC(=O)[C@@]1(Cc2ccc(-c3cccnc3)cc2)CN(C(=O)C2CCCC2)CCO1. The molecule has 2 heterocycles. The van der Waals surface area contributed by atoms with Gasteiger partial charge in [0, 0.05) is 37.3 Å². The van der Waals surface area contributed by atoms with Crippen LogP contribution in [0.25, 0.3) is 11.1 Å². The molecule has 1 aromatic heterocycles. The molecule has 2 aliphatic rings. The van der Waals surface area contributed by atoms with Crippen LogP contribution in [-0.2, 0) is 20.7 Å². The van der Waals surface area contributed by atoms with Gasteiger partial charge in [0.1, 0.15) is 0 Å². The van der Waals surface area contributed by atoms with Crippen molar-refractivity contribution < 1.29 is 14.3 Å². The Bertz CT molecular complexity index is 923. The van der Waals surface area contributed by atoms with Crippen LogP contribution in [0.2, 0.25) is 0 Å². The van der Waals surface area contributed by atoms with E-state index in [1.807, 2.05) is 61.3 Å². The third kappa shape index (κ3) is 5.01. The Labute approximate surface area is 190 Å². The summed E-state index contributed by atoms with van der Waals surface area (Å²) in [4.78, 5) is 32.5. The summed E-state index contributed by atoms with van der Waals surface area (Å²) in [5.74, 6) is 0.130. The van der Waals surface area contributed by atoms with Gasteiger partial charge in [0.2, 0.25) is 5.91 Å². The first-order valence-electron chi connectivity index (χ1n) is 11.7. The quantitative estimate of drug-likeness (QED) is 0.753. The fourth-order valence-electron chi connectivity index (χ4n) is 4.80. The number of pyridine rings is 1. The molecular weight excluding hydrogens is 402 g/mol. The van der Waals surface area contributed by atoms with E-state index in [-0.39, 0.29) is 23.8 Å². The average molecular weight is 436 g/mol. The minimum absolute atomic E-state index is 0.00292. The van der Waals surface area contributed by atoms with Crippen LogP contribution < -0.4 is 5.32 Å². The fraction of sp³-hybridized carbons (Fsp3) is 0.500. The molecule has 0 spiro atoms. The molecule has 1 saturated heterocycles. The number of morpholine rings is 1. The molecular formula is C26H33N3O3. The Balaban J connectivity index is 1.56. The highest BCUT2D eigenvalue weighted by atomic mass is 16.5. The van der Waals surface area contributed by atoms with Gasteiger partial charge in [-0.25, -0.2) is 0 Å². The van der Waals surface area contributed by atoms with Crippen LogP contribution >= 0.6 is 0 Å². The summed E-state index contributed by atoms with van der Waals surface area (Å²) in [7, 11) is 0. The van der Waals surface area contributed by atoms with Crippen molar-refractivity contribution in [3.05, 3.63) is 54.4 Å². The van der Waals surface area contributed by atoms with E-state index in [0.717, 1.165) is 42.4 Å². The Kier molecular flexibility index (Phi) is 6.89. The highest BCUT2D eigenvalue weighted by molar-refractivity contribution is 5.88. The van der Waals surface area contributed by atoms with Crippen molar-refractivity contribution in [2.75, 3.05) is 19.7 Å². The van der Waals surface area contributed by atoms with Crippen LogP contribution in [0.5, 0.6) is 0 Å². The second-order valence-electron chi connectivity index (χ2n) is 9.33. The predicted molar refractivity (Wildman–Crippen MR) is 124 cm³/mol. The van der Waals surface area contributed by atoms with Gasteiger partial charge in [0.25, 0.3) is 5.91 Å². The summed E-state index contributed by atoms with van der Waals surface area (Å²) in [6.45, 7) is 5.10. The Hall–Kier alpha value is -2.73. The largest absolute Gasteiger partial charge is 0.361 e. The van der Waals surface area contributed by atoms with Crippen LogP contribution in [0.4, 0.5) is 0 Å². The molecule has 1 atom stereocenters. The maximum absolute atomic E-state index is 13.3. The number of hydrogen-bond donors (Lipinski definition) is 1. The molecule has 2 fully saturated rings. The maximum Gasteiger partial charge on any atom is 0.254 e. The molecule has 0 unspecified atom stereocenters. The number of benzene rings is 1. The van der Waals surface area contributed by atoms with Crippen molar-refractivity contribution in [1.82, 2.24) is 15.2 Å². The summed E-state index contributed by atoms with van der Waals surface area (Å²) in [5, 5.41) is 3.03. The standard InChI is InChI=1S/C26H33N3O3/c1-19(2)28-25(31)26(18-29(14-15-32-26)24(30)22-6-3-4-7-22)16-20-9-11-21(12-10-20)23-8-5-13-27-17-23/h5,8-13,17,19,22H,3-4,6-7,14-16,18H2,1-2H3,(H,28,31)/t26-/m1/s1.